The standard InChI is InChI=1S/C19H14O6/c20-17-12-5-6-13-14(12)8-11(23-19(13)25-17)9-22-18(21)16-7-10-3-1-2-4-15(10)24-16/h1-8,12-14,19H,9H2/t12-,13+,14-,19+/m1/s1. The predicted molar refractivity (Wildman–Crippen MR) is 85.2 cm³/mol. The van der Waals surface area contributed by atoms with Crippen molar-refractivity contribution in [3.8, 4) is 0 Å². The van der Waals surface area contributed by atoms with Crippen LogP contribution in [0.2, 0.25) is 0 Å². The van der Waals surface area contributed by atoms with E-state index in [1.54, 1.807) is 12.1 Å². The highest BCUT2D eigenvalue weighted by atomic mass is 16.7. The zero-order chi connectivity index (χ0) is 17.0. The monoisotopic (exact) mass is 338 g/mol. The van der Waals surface area contributed by atoms with Crippen LogP contribution in [0.15, 0.2) is 58.7 Å². The molecule has 1 aromatic carbocycles. The number of carbonyl (C=O) groups is 2. The first-order valence-corrected chi connectivity index (χ1v) is 8.11. The van der Waals surface area contributed by atoms with Gasteiger partial charge in [-0.15, -0.1) is 0 Å². The molecule has 3 heterocycles. The van der Waals surface area contributed by atoms with Gasteiger partial charge in [-0.1, -0.05) is 30.4 Å². The average molecular weight is 338 g/mol. The molecule has 0 saturated carbocycles. The molecular weight excluding hydrogens is 324 g/mol. The van der Waals surface area contributed by atoms with Gasteiger partial charge in [-0.3, -0.25) is 4.79 Å². The molecule has 5 rings (SSSR count). The van der Waals surface area contributed by atoms with E-state index in [2.05, 4.69) is 0 Å². The van der Waals surface area contributed by atoms with Crippen molar-refractivity contribution in [3.63, 3.8) is 0 Å². The summed E-state index contributed by atoms with van der Waals surface area (Å²) in [6.07, 6.45) is 5.04. The van der Waals surface area contributed by atoms with Gasteiger partial charge in [0.1, 0.15) is 17.9 Å². The fraction of sp³-hybridized carbons (Fsp3) is 0.263. The third kappa shape index (κ3) is 2.25. The van der Waals surface area contributed by atoms with E-state index >= 15 is 0 Å². The van der Waals surface area contributed by atoms with Crippen LogP contribution in [-0.4, -0.2) is 24.8 Å². The van der Waals surface area contributed by atoms with Crippen LogP contribution < -0.4 is 0 Å². The normalized spacial score (nSPS) is 29.1. The van der Waals surface area contributed by atoms with Crippen LogP contribution in [0.25, 0.3) is 11.0 Å². The summed E-state index contributed by atoms with van der Waals surface area (Å²) in [7, 11) is 0. The molecule has 126 valence electrons. The minimum absolute atomic E-state index is 0.0138. The zero-order valence-corrected chi connectivity index (χ0v) is 13.1. The second kappa shape index (κ2) is 5.24. The van der Waals surface area contributed by atoms with Crippen LogP contribution in [0.5, 0.6) is 0 Å². The number of ether oxygens (including phenoxy) is 3. The van der Waals surface area contributed by atoms with Crippen LogP contribution >= 0.6 is 0 Å². The second-order valence-corrected chi connectivity index (χ2v) is 6.35. The molecule has 3 aliphatic rings. The van der Waals surface area contributed by atoms with Crippen molar-refractivity contribution in [1.29, 1.82) is 0 Å². The first kappa shape index (κ1) is 14.3. The maximum Gasteiger partial charge on any atom is 0.374 e. The first-order chi connectivity index (χ1) is 12.2. The van der Waals surface area contributed by atoms with Crippen LogP contribution in [-0.2, 0) is 19.0 Å². The lowest BCUT2D eigenvalue weighted by Gasteiger charge is -2.38. The van der Waals surface area contributed by atoms with Crippen molar-refractivity contribution >= 4 is 22.9 Å². The Bertz CT molecular complexity index is 903. The fourth-order valence-electron chi connectivity index (χ4n) is 3.62. The topological polar surface area (TPSA) is 75.0 Å². The average Bonchev–Trinajstić information content (AvgIpc) is 3.18. The smallest absolute Gasteiger partial charge is 0.374 e. The Morgan fingerprint density at radius 3 is 2.88 bits per heavy atom. The Morgan fingerprint density at radius 2 is 2.00 bits per heavy atom. The Hall–Kier alpha value is -3.02. The van der Waals surface area contributed by atoms with Crippen molar-refractivity contribution in [2.24, 2.45) is 17.8 Å². The van der Waals surface area contributed by atoms with Gasteiger partial charge < -0.3 is 18.6 Å². The highest BCUT2D eigenvalue weighted by Gasteiger charge is 2.50. The highest BCUT2D eigenvalue weighted by molar-refractivity contribution is 5.92. The molecule has 0 unspecified atom stereocenters. The number of benzene rings is 1. The van der Waals surface area contributed by atoms with Crippen LogP contribution in [0.3, 0.4) is 0 Å². The molecule has 4 atom stereocenters. The van der Waals surface area contributed by atoms with Crippen molar-refractivity contribution in [1.82, 2.24) is 0 Å². The number of hydrogen-bond acceptors (Lipinski definition) is 6. The van der Waals surface area contributed by atoms with Gasteiger partial charge >= 0.3 is 11.9 Å². The van der Waals surface area contributed by atoms with Gasteiger partial charge in [-0.2, -0.15) is 0 Å². The van der Waals surface area contributed by atoms with E-state index in [1.807, 2.05) is 36.4 Å². The number of para-hydroxylation sites is 1. The number of rotatable bonds is 3. The minimum atomic E-state index is -0.641. The first-order valence-electron chi connectivity index (χ1n) is 8.11. The van der Waals surface area contributed by atoms with E-state index in [0.717, 1.165) is 5.39 Å². The molecule has 1 fully saturated rings. The van der Waals surface area contributed by atoms with E-state index in [1.165, 1.54) is 0 Å². The maximum atomic E-state index is 12.2. The van der Waals surface area contributed by atoms with Crippen molar-refractivity contribution < 1.29 is 28.2 Å². The third-order valence-electron chi connectivity index (χ3n) is 4.84. The number of fused-ring (bicyclic) bond motifs is 1. The molecule has 2 aliphatic heterocycles. The molecule has 1 saturated heterocycles. The van der Waals surface area contributed by atoms with Gasteiger partial charge in [-0.05, 0) is 18.2 Å². The number of hydrogen-bond donors (Lipinski definition) is 0. The summed E-state index contributed by atoms with van der Waals surface area (Å²) in [5.41, 5.74) is 0.631. The summed E-state index contributed by atoms with van der Waals surface area (Å²) < 4.78 is 21.7. The van der Waals surface area contributed by atoms with E-state index in [4.69, 9.17) is 18.6 Å². The Balaban J connectivity index is 1.30. The van der Waals surface area contributed by atoms with E-state index in [9.17, 15) is 9.59 Å². The molecule has 6 heteroatoms. The Labute approximate surface area is 142 Å². The molecule has 0 spiro atoms. The molecule has 0 N–H and O–H groups in total. The Kier molecular flexibility index (Phi) is 3.00. The summed E-state index contributed by atoms with van der Waals surface area (Å²) >= 11 is 0. The lowest BCUT2D eigenvalue weighted by molar-refractivity contribution is -0.204. The summed E-state index contributed by atoms with van der Waals surface area (Å²) in [6, 6.07) is 9.01. The zero-order valence-electron chi connectivity index (χ0n) is 13.1. The van der Waals surface area contributed by atoms with E-state index < -0.39 is 12.3 Å². The molecule has 1 aliphatic carbocycles. The van der Waals surface area contributed by atoms with Gasteiger partial charge in [-0.25, -0.2) is 4.79 Å². The van der Waals surface area contributed by atoms with Crippen LogP contribution in [0.4, 0.5) is 0 Å². The summed E-state index contributed by atoms with van der Waals surface area (Å²) in [4.78, 5) is 24.0. The summed E-state index contributed by atoms with van der Waals surface area (Å²) in [5, 5.41) is 0.840. The van der Waals surface area contributed by atoms with Gasteiger partial charge in [0, 0.05) is 11.3 Å². The maximum absolute atomic E-state index is 12.2. The number of carbonyl (C=O) groups excluding carboxylic acids is 2. The second-order valence-electron chi connectivity index (χ2n) is 6.35. The molecule has 1 aromatic heterocycles. The van der Waals surface area contributed by atoms with Crippen molar-refractivity contribution in [3.05, 3.63) is 60.1 Å². The lowest BCUT2D eigenvalue weighted by atomic mass is 9.83. The Morgan fingerprint density at radius 1 is 1.12 bits per heavy atom. The van der Waals surface area contributed by atoms with Gasteiger partial charge in [0.05, 0.1) is 11.8 Å². The molecule has 0 radical (unpaired) electrons. The van der Waals surface area contributed by atoms with Gasteiger partial charge in [0.2, 0.25) is 5.76 Å². The molecule has 25 heavy (non-hydrogen) atoms. The highest BCUT2D eigenvalue weighted by Crippen LogP contribution is 2.45. The predicted octanol–water partition coefficient (Wildman–Crippen LogP) is 2.81. The number of furan rings is 1. The molecule has 2 aromatic rings. The summed E-state index contributed by atoms with van der Waals surface area (Å²) in [5.74, 6) is -0.407. The molecule has 4 bridgehead atoms. The number of allylic oxidation sites excluding steroid dienone is 1. The summed E-state index contributed by atoms with van der Waals surface area (Å²) in [6.45, 7) is -0.0279. The molecular formula is C19H14O6. The van der Waals surface area contributed by atoms with Gasteiger partial charge in [0.25, 0.3) is 6.29 Å². The quantitative estimate of drug-likeness (QED) is 0.633. The van der Waals surface area contributed by atoms with Crippen molar-refractivity contribution in [2.45, 2.75) is 6.29 Å². The van der Waals surface area contributed by atoms with Crippen molar-refractivity contribution in [2.75, 3.05) is 6.61 Å². The third-order valence-corrected chi connectivity index (χ3v) is 4.84. The minimum Gasteiger partial charge on any atom is -0.455 e. The van der Waals surface area contributed by atoms with E-state index in [0.29, 0.717) is 11.3 Å². The molecule has 0 amide bonds. The SMILES string of the molecule is O=C(OCC1=C[C@H]2[C@@H]3C=C[C@H]2C(=O)O[C@@H]3O1)c1cc2ccccc2o1. The fourth-order valence-corrected chi connectivity index (χ4v) is 3.62. The largest absolute Gasteiger partial charge is 0.455 e. The van der Waals surface area contributed by atoms with Crippen LogP contribution in [0, 0.1) is 17.8 Å². The van der Waals surface area contributed by atoms with E-state index in [-0.39, 0.29) is 36.1 Å². The van der Waals surface area contributed by atoms with Gasteiger partial charge in [0.15, 0.2) is 0 Å². The van der Waals surface area contributed by atoms with Crippen LogP contribution in [0.1, 0.15) is 10.6 Å². The molecule has 6 nitrogen and oxygen atoms in total. The number of esters is 2. The lowest BCUT2D eigenvalue weighted by Crippen LogP contribution is -2.44.